The van der Waals surface area contributed by atoms with Crippen molar-refractivity contribution in [3.63, 3.8) is 0 Å². The summed E-state index contributed by atoms with van der Waals surface area (Å²) >= 11 is 1.48. The minimum Gasteiger partial charge on any atom is -0.480 e. The van der Waals surface area contributed by atoms with E-state index in [9.17, 15) is 14.7 Å². The number of benzene rings is 1. The van der Waals surface area contributed by atoms with Crippen molar-refractivity contribution in [1.82, 2.24) is 10.3 Å². The second kappa shape index (κ2) is 10.2. The number of nitrogens with one attached hydrogen (secondary N) is 1. The standard InChI is InChI=1S/C20H26N2O4S/c1-4-26-20(25)17(10-13(2)3)22-16(19(23)24)11-15-12-27-18(21-15)14-8-6-5-7-9-14/h5-9,12-13,16-17,22H,4,10-11H2,1-3H3,(H,23,24)/t16-,17?/m0/s1. The number of carboxylic acids is 1. The fourth-order valence-corrected chi connectivity index (χ4v) is 3.57. The van der Waals surface area contributed by atoms with Crippen molar-refractivity contribution in [3.05, 3.63) is 41.4 Å². The largest absolute Gasteiger partial charge is 0.480 e. The SMILES string of the molecule is CCOC(=O)C(CC(C)C)N[C@@H](Cc1csc(-c2ccccc2)n1)C(=O)O. The van der Waals surface area contributed by atoms with Crippen LogP contribution in [0.1, 0.15) is 32.9 Å². The van der Waals surface area contributed by atoms with E-state index in [4.69, 9.17) is 4.74 Å². The zero-order valence-electron chi connectivity index (χ0n) is 15.8. The average molecular weight is 391 g/mol. The van der Waals surface area contributed by atoms with Crippen molar-refractivity contribution in [1.29, 1.82) is 0 Å². The number of aromatic nitrogens is 1. The number of rotatable bonds is 10. The molecule has 2 N–H and O–H groups in total. The van der Waals surface area contributed by atoms with Crippen LogP contribution in [0.25, 0.3) is 10.6 Å². The van der Waals surface area contributed by atoms with E-state index in [1.807, 2.05) is 49.6 Å². The molecule has 0 spiro atoms. The first-order chi connectivity index (χ1) is 12.9. The summed E-state index contributed by atoms with van der Waals surface area (Å²) in [5.41, 5.74) is 1.68. The van der Waals surface area contributed by atoms with Crippen molar-refractivity contribution in [2.75, 3.05) is 6.61 Å². The number of hydrogen-bond acceptors (Lipinski definition) is 6. The molecule has 1 aromatic carbocycles. The summed E-state index contributed by atoms with van der Waals surface area (Å²) in [6.45, 7) is 5.96. The predicted octanol–water partition coefficient (Wildman–Crippen LogP) is 3.37. The molecule has 0 fully saturated rings. The highest BCUT2D eigenvalue weighted by atomic mass is 32.1. The second-order valence-electron chi connectivity index (χ2n) is 6.71. The molecule has 1 unspecified atom stereocenters. The highest BCUT2D eigenvalue weighted by molar-refractivity contribution is 7.13. The topological polar surface area (TPSA) is 88.5 Å². The maximum atomic E-state index is 12.2. The number of hydrogen-bond donors (Lipinski definition) is 2. The lowest BCUT2D eigenvalue weighted by molar-refractivity contribution is -0.147. The van der Waals surface area contributed by atoms with Gasteiger partial charge in [-0.25, -0.2) is 4.98 Å². The molecule has 2 atom stereocenters. The Labute approximate surface area is 163 Å². The van der Waals surface area contributed by atoms with E-state index in [0.717, 1.165) is 10.6 Å². The van der Waals surface area contributed by atoms with Crippen LogP contribution in [0.5, 0.6) is 0 Å². The van der Waals surface area contributed by atoms with E-state index < -0.39 is 24.0 Å². The normalized spacial score (nSPS) is 13.3. The van der Waals surface area contributed by atoms with Crippen LogP contribution in [0.2, 0.25) is 0 Å². The first kappa shape index (κ1) is 21.1. The molecular weight excluding hydrogens is 364 g/mol. The quantitative estimate of drug-likeness (QED) is 0.605. The summed E-state index contributed by atoms with van der Waals surface area (Å²) in [7, 11) is 0. The van der Waals surface area contributed by atoms with E-state index in [2.05, 4.69) is 10.3 Å². The van der Waals surface area contributed by atoms with E-state index in [-0.39, 0.29) is 18.9 Å². The van der Waals surface area contributed by atoms with Crippen LogP contribution >= 0.6 is 11.3 Å². The van der Waals surface area contributed by atoms with Gasteiger partial charge < -0.3 is 9.84 Å². The first-order valence-corrected chi connectivity index (χ1v) is 9.94. The lowest BCUT2D eigenvalue weighted by Gasteiger charge is -2.23. The Hall–Kier alpha value is -2.25. The molecule has 0 bridgehead atoms. The molecule has 7 heteroatoms. The molecule has 0 radical (unpaired) electrons. The maximum absolute atomic E-state index is 12.2. The number of aliphatic carboxylic acids is 1. The van der Waals surface area contributed by atoms with Gasteiger partial charge in [0.1, 0.15) is 17.1 Å². The van der Waals surface area contributed by atoms with E-state index in [1.165, 1.54) is 11.3 Å². The Balaban J connectivity index is 2.11. The van der Waals surface area contributed by atoms with Crippen LogP contribution in [0.4, 0.5) is 0 Å². The summed E-state index contributed by atoms with van der Waals surface area (Å²) in [5.74, 6) is -1.20. The van der Waals surface area contributed by atoms with Crippen molar-refractivity contribution in [2.45, 2.75) is 45.7 Å². The molecule has 2 aromatic rings. The minimum absolute atomic E-state index is 0.201. The molecule has 0 aliphatic rings. The van der Waals surface area contributed by atoms with Crippen LogP contribution in [0.3, 0.4) is 0 Å². The van der Waals surface area contributed by atoms with E-state index >= 15 is 0 Å². The van der Waals surface area contributed by atoms with Gasteiger partial charge in [-0.3, -0.25) is 14.9 Å². The highest BCUT2D eigenvalue weighted by Crippen LogP contribution is 2.24. The monoisotopic (exact) mass is 390 g/mol. The summed E-state index contributed by atoms with van der Waals surface area (Å²) in [4.78, 5) is 28.5. The van der Waals surface area contributed by atoms with Crippen LogP contribution in [-0.2, 0) is 20.7 Å². The molecule has 2 rings (SSSR count). The Morgan fingerprint density at radius 3 is 2.52 bits per heavy atom. The number of thiazole rings is 1. The maximum Gasteiger partial charge on any atom is 0.323 e. The molecule has 146 valence electrons. The summed E-state index contributed by atoms with van der Waals surface area (Å²) in [5, 5.41) is 15.3. The zero-order chi connectivity index (χ0) is 19.8. The minimum atomic E-state index is -1.01. The van der Waals surface area contributed by atoms with Crippen LogP contribution in [0, 0.1) is 5.92 Å². The third-order valence-electron chi connectivity index (χ3n) is 3.96. The Kier molecular flexibility index (Phi) is 7.94. The molecule has 0 amide bonds. The van der Waals surface area contributed by atoms with Gasteiger partial charge in [-0.15, -0.1) is 11.3 Å². The fourth-order valence-electron chi connectivity index (χ4n) is 2.73. The van der Waals surface area contributed by atoms with Gasteiger partial charge in [0, 0.05) is 17.4 Å². The number of ether oxygens (including phenoxy) is 1. The molecule has 0 saturated carbocycles. The third-order valence-corrected chi connectivity index (χ3v) is 4.90. The number of nitrogens with zero attached hydrogens (tertiary/aromatic N) is 1. The molecule has 0 saturated heterocycles. The molecule has 0 aliphatic heterocycles. The van der Waals surface area contributed by atoms with Crippen molar-refractivity contribution in [2.24, 2.45) is 5.92 Å². The molecular formula is C20H26N2O4S. The number of carboxylic acid groups (broad SMARTS) is 1. The summed E-state index contributed by atoms with van der Waals surface area (Å²) in [6.07, 6.45) is 0.710. The zero-order valence-corrected chi connectivity index (χ0v) is 16.7. The Morgan fingerprint density at radius 1 is 1.22 bits per heavy atom. The average Bonchev–Trinajstić information content (AvgIpc) is 3.09. The van der Waals surface area contributed by atoms with Gasteiger partial charge in [0.15, 0.2) is 0 Å². The van der Waals surface area contributed by atoms with Gasteiger partial charge in [0.25, 0.3) is 0 Å². The fraction of sp³-hybridized carbons (Fsp3) is 0.450. The molecule has 1 aromatic heterocycles. The van der Waals surface area contributed by atoms with Gasteiger partial charge >= 0.3 is 11.9 Å². The lowest BCUT2D eigenvalue weighted by Crippen LogP contribution is -2.49. The summed E-state index contributed by atoms with van der Waals surface area (Å²) < 4.78 is 5.09. The van der Waals surface area contributed by atoms with Gasteiger partial charge in [0.05, 0.1) is 12.3 Å². The van der Waals surface area contributed by atoms with Gasteiger partial charge in [-0.1, -0.05) is 44.2 Å². The Bertz CT molecular complexity index is 745. The van der Waals surface area contributed by atoms with Gasteiger partial charge in [-0.05, 0) is 19.3 Å². The van der Waals surface area contributed by atoms with Crippen LogP contribution < -0.4 is 5.32 Å². The van der Waals surface area contributed by atoms with Crippen molar-refractivity contribution >= 4 is 23.3 Å². The van der Waals surface area contributed by atoms with Crippen LogP contribution in [0.15, 0.2) is 35.7 Å². The first-order valence-electron chi connectivity index (χ1n) is 9.06. The van der Waals surface area contributed by atoms with Crippen molar-refractivity contribution in [3.8, 4) is 10.6 Å². The predicted molar refractivity (Wildman–Crippen MR) is 106 cm³/mol. The lowest BCUT2D eigenvalue weighted by atomic mass is 10.0. The number of esters is 1. The third kappa shape index (κ3) is 6.45. The Morgan fingerprint density at radius 2 is 1.93 bits per heavy atom. The molecule has 1 heterocycles. The smallest absolute Gasteiger partial charge is 0.323 e. The van der Waals surface area contributed by atoms with Crippen LogP contribution in [-0.4, -0.2) is 40.7 Å². The molecule has 27 heavy (non-hydrogen) atoms. The number of carbonyl (C=O) groups is 2. The highest BCUT2D eigenvalue weighted by Gasteiger charge is 2.28. The van der Waals surface area contributed by atoms with Crippen molar-refractivity contribution < 1.29 is 19.4 Å². The van der Waals surface area contributed by atoms with Gasteiger partial charge in [-0.2, -0.15) is 0 Å². The second-order valence-corrected chi connectivity index (χ2v) is 7.56. The molecule has 6 nitrogen and oxygen atoms in total. The molecule has 0 aliphatic carbocycles. The van der Waals surface area contributed by atoms with E-state index in [0.29, 0.717) is 12.1 Å². The number of carbonyl (C=O) groups excluding carboxylic acids is 1. The summed E-state index contributed by atoms with van der Waals surface area (Å²) in [6, 6.07) is 8.18. The van der Waals surface area contributed by atoms with Gasteiger partial charge in [0.2, 0.25) is 0 Å². The van der Waals surface area contributed by atoms with E-state index in [1.54, 1.807) is 6.92 Å².